The quantitative estimate of drug-likeness (QED) is 0.460. The van der Waals surface area contributed by atoms with E-state index in [0.29, 0.717) is 0 Å². The van der Waals surface area contributed by atoms with Crippen LogP contribution in [-0.2, 0) is 18.4 Å². The molecule has 1 saturated carbocycles. The van der Waals surface area contributed by atoms with Gasteiger partial charge in [0.25, 0.3) is 0 Å². The molecule has 0 bridgehead atoms. The molecule has 5 heteroatoms. The Kier molecular flexibility index (Phi) is 5.94. The number of rotatable bonds is 8. The summed E-state index contributed by atoms with van der Waals surface area (Å²) in [7, 11) is 1.83. The summed E-state index contributed by atoms with van der Waals surface area (Å²) >= 11 is 0. The topological polar surface area (TPSA) is 54.2 Å². The van der Waals surface area contributed by atoms with Gasteiger partial charge in [0.15, 0.2) is 5.96 Å². The van der Waals surface area contributed by atoms with Crippen LogP contribution in [0.4, 0.5) is 0 Å². The van der Waals surface area contributed by atoms with Gasteiger partial charge in [-0.15, -0.1) is 0 Å². The third-order valence-electron chi connectivity index (χ3n) is 5.70. The van der Waals surface area contributed by atoms with Gasteiger partial charge in [-0.2, -0.15) is 0 Å². The lowest BCUT2D eigenvalue weighted by molar-refractivity contribution is 0.640. The largest absolute Gasteiger partial charge is 0.356 e. The van der Waals surface area contributed by atoms with Crippen molar-refractivity contribution in [1.82, 2.24) is 20.2 Å². The van der Waals surface area contributed by atoms with Crippen molar-refractivity contribution < 1.29 is 0 Å². The predicted molar refractivity (Wildman–Crippen MR) is 118 cm³/mol. The van der Waals surface area contributed by atoms with Crippen LogP contribution in [0.5, 0.6) is 0 Å². The van der Waals surface area contributed by atoms with E-state index >= 15 is 0 Å². The SMILES string of the molecule is CN=C(NCCc1nccn1Cc1ccccc1)NCC1(c2ccccc2)CC1. The number of imidazole rings is 1. The lowest BCUT2D eigenvalue weighted by Gasteiger charge is -2.19. The zero-order valence-electron chi connectivity index (χ0n) is 17.0. The molecular formula is C24H29N5. The van der Waals surface area contributed by atoms with Crippen LogP contribution >= 0.6 is 0 Å². The molecule has 1 aliphatic carbocycles. The van der Waals surface area contributed by atoms with E-state index in [2.05, 4.69) is 79.8 Å². The van der Waals surface area contributed by atoms with E-state index in [0.717, 1.165) is 37.8 Å². The minimum Gasteiger partial charge on any atom is -0.356 e. The molecule has 2 aromatic carbocycles. The Morgan fingerprint density at radius 1 is 1.03 bits per heavy atom. The van der Waals surface area contributed by atoms with Crippen molar-refractivity contribution in [3.8, 4) is 0 Å². The monoisotopic (exact) mass is 387 g/mol. The first kappa shape index (κ1) is 19.2. The molecule has 3 aromatic rings. The predicted octanol–water partition coefficient (Wildman–Crippen LogP) is 3.37. The van der Waals surface area contributed by atoms with E-state index in [4.69, 9.17) is 0 Å². The fourth-order valence-corrected chi connectivity index (χ4v) is 3.77. The molecule has 29 heavy (non-hydrogen) atoms. The Morgan fingerprint density at radius 3 is 2.45 bits per heavy atom. The highest BCUT2D eigenvalue weighted by molar-refractivity contribution is 5.79. The van der Waals surface area contributed by atoms with Gasteiger partial charge in [-0.3, -0.25) is 4.99 Å². The molecular weight excluding hydrogens is 358 g/mol. The first-order chi connectivity index (χ1) is 14.3. The summed E-state index contributed by atoms with van der Waals surface area (Å²) in [6, 6.07) is 21.3. The van der Waals surface area contributed by atoms with Crippen molar-refractivity contribution in [3.05, 3.63) is 90.0 Å². The van der Waals surface area contributed by atoms with Crippen LogP contribution in [0.1, 0.15) is 29.8 Å². The van der Waals surface area contributed by atoms with Crippen molar-refractivity contribution in [2.75, 3.05) is 20.1 Å². The summed E-state index contributed by atoms with van der Waals surface area (Å²) in [6.45, 7) is 2.56. The van der Waals surface area contributed by atoms with Crippen LogP contribution in [0.2, 0.25) is 0 Å². The second-order valence-electron chi connectivity index (χ2n) is 7.71. The van der Waals surface area contributed by atoms with Gasteiger partial charge in [0.05, 0.1) is 0 Å². The normalized spacial score (nSPS) is 15.1. The van der Waals surface area contributed by atoms with Crippen LogP contribution in [0, 0.1) is 0 Å². The van der Waals surface area contributed by atoms with Gasteiger partial charge in [-0.1, -0.05) is 60.7 Å². The van der Waals surface area contributed by atoms with Crippen molar-refractivity contribution in [2.45, 2.75) is 31.2 Å². The van der Waals surface area contributed by atoms with Gasteiger partial charge >= 0.3 is 0 Å². The lowest BCUT2D eigenvalue weighted by atomic mass is 9.96. The summed E-state index contributed by atoms with van der Waals surface area (Å²) < 4.78 is 2.21. The Labute approximate surface area is 172 Å². The van der Waals surface area contributed by atoms with Gasteiger partial charge in [-0.05, 0) is 24.0 Å². The molecule has 0 radical (unpaired) electrons. The first-order valence-electron chi connectivity index (χ1n) is 10.3. The molecule has 2 N–H and O–H groups in total. The zero-order valence-corrected chi connectivity index (χ0v) is 17.0. The fourth-order valence-electron chi connectivity index (χ4n) is 3.77. The van der Waals surface area contributed by atoms with Crippen LogP contribution in [0.25, 0.3) is 0 Å². The average Bonchev–Trinajstić information content (AvgIpc) is 3.45. The number of benzene rings is 2. The molecule has 1 fully saturated rings. The second kappa shape index (κ2) is 8.95. The van der Waals surface area contributed by atoms with Gasteiger partial charge < -0.3 is 15.2 Å². The molecule has 1 aromatic heterocycles. The number of aromatic nitrogens is 2. The zero-order chi connectivity index (χ0) is 19.9. The highest BCUT2D eigenvalue weighted by Crippen LogP contribution is 2.47. The maximum Gasteiger partial charge on any atom is 0.191 e. The number of nitrogens with one attached hydrogen (secondary N) is 2. The van der Waals surface area contributed by atoms with E-state index in [1.165, 1.54) is 24.0 Å². The number of nitrogens with zero attached hydrogens (tertiary/aromatic N) is 3. The summed E-state index contributed by atoms with van der Waals surface area (Å²) in [4.78, 5) is 8.92. The molecule has 0 amide bonds. The minimum absolute atomic E-state index is 0.269. The third-order valence-corrected chi connectivity index (χ3v) is 5.70. The second-order valence-corrected chi connectivity index (χ2v) is 7.71. The van der Waals surface area contributed by atoms with Gasteiger partial charge in [0, 0.05) is 50.9 Å². The molecule has 4 rings (SSSR count). The Morgan fingerprint density at radius 2 is 1.76 bits per heavy atom. The van der Waals surface area contributed by atoms with E-state index < -0.39 is 0 Å². The molecule has 0 spiro atoms. The number of guanidine groups is 1. The summed E-state index contributed by atoms with van der Waals surface area (Å²) in [5, 5.41) is 6.95. The molecule has 0 unspecified atom stereocenters. The van der Waals surface area contributed by atoms with Gasteiger partial charge in [0.1, 0.15) is 5.82 Å². The molecule has 0 aliphatic heterocycles. The number of hydrogen-bond donors (Lipinski definition) is 2. The standard InChI is InChI=1S/C24H29N5/c1-25-23(28-19-24(13-14-24)21-10-6-3-7-11-21)27-15-12-22-26-16-17-29(22)18-20-8-4-2-5-9-20/h2-11,16-17H,12-15,18-19H2,1H3,(H2,25,27,28). The van der Waals surface area contributed by atoms with Gasteiger partial charge in [0.2, 0.25) is 0 Å². The van der Waals surface area contributed by atoms with Crippen LogP contribution < -0.4 is 10.6 Å². The third kappa shape index (κ3) is 4.86. The first-order valence-corrected chi connectivity index (χ1v) is 10.3. The van der Waals surface area contributed by atoms with E-state index in [1.807, 2.05) is 25.5 Å². The summed E-state index contributed by atoms with van der Waals surface area (Å²) in [5.41, 5.74) is 2.98. The lowest BCUT2D eigenvalue weighted by Crippen LogP contribution is -2.42. The van der Waals surface area contributed by atoms with Gasteiger partial charge in [-0.25, -0.2) is 4.98 Å². The van der Waals surface area contributed by atoms with Crippen molar-refractivity contribution in [1.29, 1.82) is 0 Å². The highest BCUT2D eigenvalue weighted by Gasteiger charge is 2.43. The maximum absolute atomic E-state index is 4.53. The number of hydrogen-bond acceptors (Lipinski definition) is 2. The smallest absolute Gasteiger partial charge is 0.191 e. The van der Waals surface area contributed by atoms with E-state index in [-0.39, 0.29) is 5.41 Å². The van der Waals surface area contributed by atoms with Crippen LogP contribution in [0.3, 0.4) is 0 Å². The Balaban J connectivity index is 1.27. The van der Waals surface area contributed by atoms with E-state index in [9.17, 15) is 0 Å². The Hall–Kier alpha value is -3.08. The minimum atomic E-state index is 0.269. The summed E-state index contributed by atoms with van der Waals surface area (Å²) in [5.74, 6) is 1.94. The highest BCUT2D eigenvalue weighted by atomic mass is 15.2. The molecule has 1 aliphatic rings. The molecule has 1 heterocycles. The molecule has 0 saturated heterocycles. The Bertz CT molecular complexity index is 926. The molecule has 5 nitrogen and oxygen atoms in total. The fraction of sp³-hybridized carbons (Fsp3) is 0.333. The van der Waals surface area contributed by atoms with Crippen molar-refractivity contribution in [2.24, 2.45) is 4.99 Å². The average molecular weight is 388 g/mol. The van der Waals surface area contributed by atoms with Crippen molar-refractivity contribution >= 4 is 5.96 Å². The van der Waals surface area contributed by atoms with Crippen LogP contribution in [0.15, 0.2) is 78.0 Å². The van der Waals surface area contributed by atoms with Crippen LogP contribution in [-0.4, -0.2) is 35.6 Å². The number of aliphatic imine (C=N–C) groups is 1. The van der Waals surface area contributed by atoms with Crippen molar-refractivity contribution in [3.63, 3.8) is 0 Å². The summed E-state index contributed by atoms with van der Waals surface area (Å²) in [6.07, 6.45) is 7.24. The molecule has 0 atom stereocenters. The maximum atomic E-state index is 4.53. The van der Waals surface area contributed by atoms with E-state index in [1.54, 1.807) is 0 Å². The molecule has 150 valence electrons.